The number of halogens is 1. The first-order valence-corrected chi connectivity index (χ1v) is 4.74. The fraction of sp³-hybridized carbons (Fsp3) is 0.100. The molecule has 66 valence electrons. The van der Waals surface area contributed by atoms with Crippen molar-refractivity contribution in [3.8, 4) is 11.3 Å². The molecule has 2 rings (SSSR count). The minimum absolute atomic E-state index is 0.835. The summed E-state index contributed by atoms with van der Waals surface area (Å²) in [5.41, 5.74) is 2.10. The van der Waals surface area contributed by atoms with E-state index in [1.807, 2.05) is 31.2 Å². The molecule has 0 atom stereocenters. The lowest BCUT2D eigenvalue weighted by Gasteiger charge is -1.97. The minimum Gasteiger partial charge on any atom is -0.356 e. The Hall–Kier alpha value is -1.09. The van der Waals surface area contributed by atoms with Crippen LogP contribution < -0.4 is 0 Å². The number of benzene rings is 1. The summed E-state index contributed by atoms with van der Waals surface area (Å²) in [5, 5.41) is 3.74. The van der Waals surface area contributed by atoms with E-state index in [4.69, 9.17) is 4.52 Å². The Morgan fingerprint density at radius 1 is 1.38 bits per heavy atom. The lowest BCUT2D eigenvalue weighted by Crippen LogP contribution is -1.76. The minimum atomic E-state index is 0.835. The van der Waals surface area contributed by atoms with Gasteiger partial charge < -0.3 is 4.52 Å². The number of aromatic nitrogens is 1. The Bertz CT molecular complexity index is 422. The third kappa shape index (κ3) is 1.65. The highest BCUT2D eigenvalue weighted by Gasteiger charge is 2.06. The van der Waals surface area contributed by atoms with Gasteiger partial charge in [-0.2, -0.15) is 0 Å². The van der Waals surface area contributed by atoms with Crippen molar-refractivity contribution in [3.05, 3.63) is 40.5 Å². The van der Waals surface area contributed by atoms with Gasteiger partial charge >= 0.3 is 0 Å². The van der Waals surface area contributed by atoms with Crippen molar-refractivity contribution in [2.75, 3.05) is 0 Å². The van der Waals surface area contributed by atoms with Gasteiger partial charge in [-0.1, -0.05) is 33.2 Å². The van der Waals surface area contributed by atoms with Crippen LogP contribution in [0.3, 0.4) is 0 Å². The second kappa shape index (κ2) is 3.34. The zero-order chi connectivity index (χ0) is 9.26. The molecule has 0 N–H and O–H groups in total. The summed E-state index contributed by atoms with van der Waals surface area (Å²) in [7, 11) is 0. The Kier molecular flexibility index (Phi) is 2.19. The third-order valence-electron chi connectivity index (χ3n) is 1.84. The molecule has 0 spiro atoms. The Morgan fingerprint density at radius 2 is 2.23 bits per heavy atom. The quantitative estimate of drug-likeness (QED) is 0.760. The summed E-state index contributed by atoms with van der Waals surface area (Å²) >= 11 is 3.41. The van der Waals surface area contributed by atoms with Crippen LogP contribution >= 0.6 is 15.9 Å². The van der Waals surface area contributed by atoms with Gasteiger partial charge in [-0.25, -0.2) is 0 Å². The van der Waals surface area contributed by atoms with Crippen LogP contribution in [0.5, 0.6) is 0 Å². The number of nitrogens with zero attached hydrogens (tertiary/aromatic N) is 1. The molecule has 0 radical (unpaired) electrons. The first kappa shape index (κ1) is 8.51. The van der Waals surface area contributed by atoms with E-state index >= 15 is 0 Å². The van der Waals surface area contributed by atoms with Crippen LogP contribution in [0, 0.1) is 6.92 Å². The second-order valence-electron chi connectivity index (χ2n) is 2.85. The molecule has 1 aromatic carbocycles. The molecule has 13 heavy (non-hydrogen) atoms. The SMILES string of the molecule is Cc1cnoc1-c1cccc(Br)c1. The number of rotatable bonds is 1. The topological polar surface area (TPSA) is 26.0 Å². The fourth-order valence-corrected chi connectivity index (χ4v) is 1.60. The molecule has 0 fully saturated rings. The maximum atomic E-state index is 5.13. The Labute approximate surface area is 84.7 Å². The lowest BCUT2D eigenvalue weighted by atomic mass is 10.1. The van der Waals surface area contributed by atoms with Gasteiger partial charge in [0.15, 0.2) is 5.76 Å². The summed E-state index contributed by atoms with van der Waals surface area (Å²) in [5.74, 6) is 0.835. The van der Waals surface area contributed by atoms with Gasteiger partial charge in [-0.15, -0.1) is 0 Å². The highest BCUT2D eigenvalue weighted by molar-refractivity contribution is 9.10. The van der Waals surface area contributed by atoms with Gasteiger partial charge in [-0.05, 0) is 19.1 Å². The zero-order valence-corrected chi connectivity index (χ0v) is 8.71. The molecule has 2 aromatic rings. The van der Waals surface area contributed by atoms with Crippen LogP contribution in [0.4, 0.5) is 0 Å². The summed E-state index contributed by atoms with van der Waals surface area (Å²) in [6, 6.07) is 7.96. The average Bonchev–Trinajstić information content (AvgIpc) is 2.51. The van der Waals surface area contributed by atoms with E-state index < -0.39 is 0 Å². The van der Waals surface area contributed by atoms with Crippen molar-refractivity contribution in [2.45, 2.75) is 6.92 Å². The van der Waals surface area contributed by atoms with Crippen molar-refractivity contribution in [3.63, 3.8) is 0 Å². The van der Waals surface area contributed by atoms with Crippen molar-refractivity contribution in [1.82, 2.24) is 5.16 Å². The summed E-state index contributed by atoms with van der Waals surface area (Å²) < 4.78 is 6.18. The summed E-state index contributed by atoms with van der Waals surface area (Å²) in [4.78, 5) is 0. The van der Waals surface area contributed by atoms with Crippen molar-refractivity contribution in [1.29, 1.82) is 0 Å². The molecular weight excluding hydrogens is 230 g/mol. The second-order valence-corrected chi connectivity index (χ2v) is 3.76. The van der Waals surface area contributed by atoms with Gasteiger partial charge in [0.1, 0.15) is 0 Å². The van der Waals surface area contributed by atoms with E-state index in [1.165, 1.54) is 0 Å². The van der Waals surface area contributed by atoms with Crippen LogP contribution in [-0.2, 0) is 0 Å². The van der Waals surface area contributed by atoms with E-state index in [1.54, 1.807) is 6.20 Å². The molecule has 1 aromatic heterocycles. The van der Waals surface area contributed by atoms with E-state index in [0.29, 0.717) is 0 Å². The standard InChI is InChI=1S/C10H8BrNO/c1-7-6-12-13-10(7)8-3-2-4-9(11)5-8/h2-6H,1H3. The normalized spacial score (nSPS) is 10.3. The van der Waals surface area contributed by atoms with E-state index in [2.05, 4.69) is 21.1 Å². The molecule has 0 bridgehead atoms. The third-order valence-corrected chi connectivity index (χ3v) is 2.33. The molecule has 0 aliphatic heterocycles. The molecular formula is C10H8BrNO. The average molecular weight is 238 g/mol. The molecule has 0 amide bonds. The number of aryl methyl sites for hydroxylation is 1. The largest absolute Gasteiger partial charge is 0.356 e. The summed E-state index contributed by atoms with van der Waals surface area (Å²) in [6.07, 6.45) is 1.72. The lowest BCUT2D eigenvalue weighted by molar-refractivity contribution is 0.432. The Balaban J connectivity index is 2.53. The highest BCUT2D eigenvalue weighted by Crippen LogP contribution is 2.25. The molecule has 0 saturated carbocycles. The fourth-order valence-electron chi connectivity index (χ4n) is 1.20. The van der Waals surface area contributed by atoms with Gasteiger partial charge in [0, 0.05) is 15.6 Å². The first-order chi connectivity index (χ1) is 6.27. The number of hydrogen-bond donors (Lipinski definition) is 0. The maximum absolute atomic E-state index is 5.13. The van der Waals surface area contributed by atoms with E-state index in [-0.39, 0.29) is 0 Å². The molecule has 0 aliphatic carbocycles. The van der Waals surface area contributed by atoms with Crippen molar-refractivity contribution in [2.24, 2.45) is 0 Å². The molecule has 0 unspecified atom stereocenters. The molecule has 1 heterocycles. The number of hydrogen-bond acceptors (Lipinski definition) is 2. The van der Waals surface area contributed by atoms with Crippen LogP contribution in [0.1, 0.15) is 5.56 Å². The molecule has 0 saturated heterocycles. The van der Waals surface area contributed by atoms with Gasteiger partial charge in [0.2, 0.25) is 0 Å². The van der Waals surface area contributed by atoms with E-state index in [0.717, 1.165) is 21.4 Å². The highest BCUT2D eigenvalue weighted by atomic mass is 79.9. The van der Waals surface area contributed by atoms with Crippen LogP contribution in [0.25, 0.3) is 11.3 Å². The summed E-state index contributed by atoms with van der Waals surface area (Å²) in [6.45, 7) is 1.98. The van der Waals surface area contributed by atoms with Crippen molar-refractivity contribution < 1.29 is 4.52 Å². The zero-order valence-electron chi connectivity index (χ0n) is 7.12. The van der Waals surface area contributed by atoms with E-state index in [9.17, 15) is 0 Å². The molecule has 0 aliphatic rings. The smallest absolute Gasteiger partial charge is 0.169 e. The van der Waals surface area contributed by atoms with Gasteiger partial charge in [0.25, 0.3) is 0 Å². The monoisotopic (exact) mass is 237 g/mol. The molecule has 2 nitrogen and oxygen atoms in total. The van der Waals surface area contributed by atoms with Crippen LogP contribution in [-0.4, -0.2) is 5.16 Å². The van der Waals surface area contributed by atoms with Crippen LogP contribution in [0.2, 0.25) is 0 Å². The Morgan fingerprint density at radius 3 is 2.85 bits per heavy atom. The van der Waals surface area contributed by atoms with Gasteiger partial charge in [0.05, 0.1) is 6.20 Å². The van der Waals surface area contributed by atoms with Crippen LogP contribution in [0.15, 0.2) is 39.5 Å². The van der Waals surface area contributed by atoms with Gasteiger partial charge in [-0.3, -0.25) is 0 Å². The predicted molar refractivity (Wildman–Crippen MR) is 54.4 cm³/mol. The predicted octanol–water partition coefficient (Wildman–Crippen LogP) is 3.41. The molecule has 3 heteroatoms. The van der Waals surface area contributed by atoms with Crippen molar-refractivity contribution >= 4 is 15.9 Å². The first-order valence-electron chi connectivity index (χ1n) is 3.94. The maximum Gasteiger partial charge on any atom is 0.169 e.